The van der Waals surface area contributed by atoms with Crippen LogP contribution in [0.3, 0.4) is 0 Å². The van der Waals surface area contributed by atoms with E-state index in [1.165, 1.54) is 0 Å². The van der Waals surface area contributed by atoms with E-state index in [1.54, 1.807) is 32.0 Å². The minimum absolute atomic E-state index is 0.0779. The van der Waals surface area contributed by atoms with Crippen molar-refractivity contribution in [2.45, 2.75) is 26.7 Å². The molecule has 5 nitrogen and oxygen atoms in total. The molecule has 0 heterocycles. The van der Waals surface area contributed by atoms with Gasteiger partial charge in [-0.2, -0.15) is 0 Å². The van der Waals surface area contributed by atoms with Crippen molar-refractivity contribution >= 4 is 11.9 Å². The molecule has 5 heteroatoms. The summed E-state index contributed by atoms with van der Waals surface area (Å²) in [7, 11) is 0. The van der Waals surface area contributed by atoms with Crippen LogP contribution in [0.1, 0.15) is 25.0 Å². The van der Waals surface area contributed by atoms with Crippen LogP contribution in [0.5, 0.6) is 11.5 Å². The van der Waals surface area contributed by atoms with E-state index < -0.39 is 0 Å². The average molecular weight is 342 g/mol. The minimum atomic E-state index is -0.343. The van der Waals surface area contributed by atoms with Crippen molar-refractivity contribution in [3.05, 3.63) is 59.7 Å². The average Bonchev–Trinajstić information content (AvgIpc) is 2.58. The molecule has 0 saturated carbocycles. The molecule has 0 fully saturated rings. The Morgan fingerprint density at radius 2 is 1.36 bits per heavy atom. The van der Waals surface area contributed by atoms with Gasteiger partial charge in [-0.05, 0) is 49.2 Å². The highest BCUT2D eigenvalue weighted by molar-refractivity contribution is 5.76. The second-order valence-electron chi connectivity index (χ2n) is 5.31. The first kappa shape index (κ1) is 18.5. The Bertz CT molecular complexity index is 709. The molecule has 0 bridgehead atoms. The fourth-order valence-electron chi connectivity index (χ4n) is 2.36. The molecule has 0 aliphatic carbocycles. The summed E-state index contributed by atoms with van der Waals surface area (Å²) < 4.78 is 15.8. The summed E-state index contributed by atoms with van der Waals surface area (Å²) in [6.07, 6.45) is 0.183. The molecule has 0 N–H and O–H groups in total. The summed E-state index contributed by atoms with van der Waals surface area (Å²) in [5, 5.41) is 0. The number of rotatable bonds is 8. The SMILES string of the molecule is CCOC(=O)Cc1ccc(Oc2ccccc2)cc1CC(=O)OCC. The number of benzene rings is 2. The Hall–Kier alpha value is -2.82. The Morgan fingerprint density at radius 1 is 0.760 bits per heavy atom. The first-order valence-electron chi connectivity index (χ1n) is 8.28. The number of carbonyl (C=O) groups excluding carboxylic acids is 2. The third-order valence-electron chi connectivity index (χ3n) is 3.44. The molecule has 0 spiro atoms. The summed E-state index contributed by atoms with van der Waals surface area (Å²) in [5.41, 5.74) is 1.42. The van der Waals surface area contributed by atoms with Crippen LogP contribution in [-0.2, 0) is 31.9 Å². The summed E-state index contributed by atoms with van der Waals surface area (Å²) in [6.45, 7) is 4.15. The van der Waals surface area contributed by atoms with Crippen molar-refractivity contribution in [1.29, 1.82) is 0 Å². The molecule has 25 heavy (non-hydrogen) atoms. The molecule has 2 aromatic rings. The van der Waals surface area contributed by atoms with Gasteiger partial charge in [0, 0.05) is 0 Å². The van der Waals surface area contributed by atoms with Gasteiger partial charge >= 0.3 is 11.9 Å². The first-order valence-corrected chi connectivity index (χ1v) is 8.28. The summed E-state index contributed by atoms with van der Waals surface area (Å²) in [5.74, 6) is 0.620. The van der Waals surface area contributed by atoms with Gasteiger partial charge in [-0.3, -0.25) is 9.59 Å². The highest BCUT2D eigenvalue weighted by Crippen LogP contribution is 2.25. The number of hydrogen-bond donors (Lipinski definition) is 0. The molecule has 0 atom stereocenters. The molecule has 0 saturated heterocycles. The molecular formula is C20H22O5. The maximum Gasteiger partial charge on any atom is 0.310 e. The molecular weight excluding hydrogens is 320 g/mol. The molecule has 0 radical (unpaired) electrons. The first-order chi connectivity index (χ1) is 12.1. The van der Waals surface area contributed by atoms with Crippen molar-refractivity contribution in [3.8, 4) is 11.5 Å². The Morgan fingerprint density at radius 3 is 1.96 bits per heavy atom. The van der Waals surface area contributed by atoms with Crippen molar-refractivity contribution in [1.82, 2.24) is 0 Å². The smallest absolute Gasteiger partial charge is 0.310 e. The van der Waals surface area contributed by atoms with E-state index in [2.05, 4.69) is 0 Å². The zero-order valence-corrected chi connectivity index (χ0v) is 14.5. The minimum Gasteiger partial charge on any atom is -0.466 e. The number of hydrogen-bond acceptors (Lipinski definition) is 5. The van der Waals surface area contributed by atoms with E-state index in [-0.39, 0.29) is 24.8 Å². The van der Waals surface area contributed by atoms with Crippen molar-refractivity contribution < 1.29 is 23.8 Å². The van der Waals surface area contributed by atoms with Crippen LogP contribution in [0.4, 0.5) is 0 Å². The highest BCUT2D eigenvalue weighted by atomic mass is 16.5. The lowest BCUT2D eigenvalue weighted by atomic mass is 10.0. The van der Waals surface area contributed by atoms with Gasteiger partial charge in [0.25, 0.3) is 0 Å². The van der Waals surface area contributed by atoms with Crippen LogP contribution in [0.15, 0.2) is 48.5 Å². The zero-order chi connectivity index (χ0) is 18.1. The van der Waals surface area contributed by atoms with E-state index >= 15 is 0 Å². The Kier molecular flexibility index (Phi) is 7.01. The predicted molar refractivity (Wildman–Crippen MR) is 93.6 cm³/mol. The van der Waals surface area contributed by atoms with E-state index in [9.17, 15) is 9.59 Å². The fraction of sp³-hybridized carbons (Fsp3) is 0.300. The lowest BCUT2D eigenvalue weighted by Crippen LogP contribution is -2.13. The van der Waals surface area contributed by atoms with Gasteiger partial charge in [-0.15, -0.1) is 0 Å². The van der Waals surface area contributed by atoms with Crippen molar-refractivity contribution in [2.75, 3.05) is 13.2 Å². The second kappa shape index (κ2) is 9.47. The molecule has 0 aromatic heterocycles. The lowest BCUT2D eigenvalue weighted by molar-refractivity contribution is -0.143. The predicted octanol–water partition coefficient (Wildman–Crippen LogP) is 3.69. The third kappa shape index (κ3) is 5.95. The van der Waals surface area contributed by atoms with Crippen LogP contribution in [-0.4, -0.2) is 25.2 Å². The summed E-state index contributed by atoms with van der Waals surface area (Å²) in [4.78, 5) is 23.6. The molecule has 2 aromatic carbocycles. The zero-order valence-electron chi connectivity index (χ0n) is 14.5. The summed E-state index contributed by atoms with van der Waals surface area (Å²) >= 11 is 0. The largest absolute Gasteiger partial charge is 0.466 e. The van der Waals surface area contributed by atoms with Gasteiger partial charge in [0.1, 0.15) is 11.5 Å². The van der Waals surface area contributed by atoms with Gasteiger partial charge in [0.05, 0.1) is 26.1 Å². The van der Waals surface area contributed by atoms with Crippen LogP contribution < -0.4 is 4.74 Å². The van der Waals surface area contributed by atoms with Gasteiger partial charge in [0.15, 0.2) is 0 Å². The standard InChI is InChI=1S/C20H22O5/c1-3-23-19(21)13-15-10-11-18(25-17-8-6-5-7-9-17)12-16(15)14-20(22)24-4-2/h5-12H,3-4,13-14H2,1-2H3. The van der Waals surface area contributed by atoms with Crippen molar-refractivity contribution in [2.24, 2.45) is 0 Å². The third-order valence-corrected chi connectivity index (χ3v) is 3.44. The Labute approximate surface area is 147 Å². The van der Waals surface area contributed by atoms with E-state index in [4.69, 9.17) is 14.2 Å². The Balaban J connectivity index is 2.22. The highest BCUT2D eigenvalue weighted by Gasteiger charge is 2.14. The number of ether oxygens (including phenoxy) is 3. The van der Waals surface area contributed by atoms with Crippen LogP contribution in [0.25, 0.3) is 0 Å². The van der Waals surface area contributed by atoms with Gasteiger partial charge < -0.3 is 14.2 Å². The molecule has 0 aliphatic rings. The maximum atomic E-state index is 11.9. The topological polar surface area (TPSA) is 61.8 Å². The van der Waals surface area contributed by atoms with Crippen LogP contribution in [0, 0.1) is 0 Å². The number of esters is 2. The monoisotopic (exact) mass is 342 g/mol. The second-order valence-corrected chi connectivity index (χ2v) is 5.31. The van der Waals surface area contributed by atoms with Gasteiger partial charge in [0.2, 0.25) is 0 Å². The molecule has 0 amide bonds. The van der Waals surface area contributed by atoms with E-state index in [0.29, 0.717) is 30.3 Å². The normalized spacial score (nSPS) is 10.2. The van der Waals surface area contributed by atoms with E-state index in [1.807, 2.05) is 30.3 Å². The molecule has 0 unspecified atom stereocenters. The fourth-order valence-corrected chi connectivity index (χ4v) is 2.36. The maximum absolute atomic E-state index is 11.9. The van der Waals surface area contributed by atoms with Gasteiger partial charge in [-0.1, -0.05) is 24.3 Å². The molecule has 0 aliphatic heterocycles. The summed E-state index contributed by atoms with van der Waals surface area (Å²) in [6, 6.07) is 14.7. The lowest BCUT2D eigenvalue weighted by Gasteiger charge is -2.12. The molecule has 132 valence electrons. The van der Waals surface area contributed by atoms with Crippen LogP contribution >= 0.6 is 0 Å². The van der Waals surface area contributed by atoms with Crippen LogP contribution in [0.2, 0.25) is 0 Å². The quantitative estimate of drug-likeness (QED) is 0.685. The number of para-hydroxylation sites is 1. The molecule has 2 rings (SSSR count). The number of carbonyl (C=O) groups is 2. The van der Waals surface area contributed by atoms with Crippen molar-refractivity contribution in [3.63, 3.8) is 0 Å². The van der Waals surface area contributed by atoms with Gasteiger partial charge in [-0.25, -0.2) is 0 Å². The van der Waals surface area contributed by atoms with E-state index in [0.717, 1.165) is 5.56 Å².